The van der Waals surface area contributed by atoms with Crippen LogP contribution in [0.2, 0.25) is 0 Å². The van der Waals surface area contributed by atoms with Crippen LogP contribution in [0, 0.1) is 0 Å². The molecule has 1 aromatic heterocycles. The highest BCUT2D eigenvalue weighted by molar-refractivity contribution is 7.79. The van der Waals surface area contributed by atoms with E-state index in [0.717, 1.165) is 0 Å². The monoisotopic (exact) mass is 352 g/mol. The standard InChI is InChI=1S/C15H11S2.H2O4S/c1-3-7-12(8-4-1)14-11-15(17-16-14)13-9-5-2-6-10-13;1-5(2,3)4/h1-11H;(H2,1,2,3,4)/q+1;/p-1. The molecule has 0 amide bonds. The fraction of sp³-hybridized carbons (Fsp3) is 0. The van der Waals surface area contributed by atoms with Crippen molar-refractivity contribution in [1.82, 2.24) is 0 Å². The molecule has 0 saturated heterocycles. The highest BCUT2D eigenvalue weighted by atomic mass is 32.9. The molecule has 0 aliphatic rings. The zero-order chi connectivity index (χ0) is 16.0. The Morgan fingerprint density at radius 1 is 0.909 bits per heavy atom. The van der Waals surface area contributed by atoms with E-state index in [4.69, 9.17) is 17.5 Å². The number of rotatable bonds is 2. The van der Waals surface area contributed by atoms with Crippen LogP contribution in [0.4, 0.5) is 0 Å². The summed E-state index contributed by atoms with van der Waals surface area (Å²) in [6.07, 6.45) is 0. The molecular formula is C15H12O4S3. The highest BCUT2D eigenvalue weighted by Gasteiger charge is 2.16. The third kappa shape index (κ3) is 5.63. The summed E-state index contributed by atoms with van der Waals surface area (Å²) in [5, 5.41) is 0. The van der Waals surface area contributed by atoms with E-state index in [9.17, 15) is 0 Å². The van der Waals surface area contributed by atoms with Crippen LogP contribution >= 0.6 is 20.7 Å². The first kappa shape index (κ1) is 16.7. The van der Waals surface area contributed by atoms with Crippen molar-refractivity contribution in [2.75, 3.05) is 0 Å². The van der Waals surface area contributed by atoms with E-state index < -0.39 is 10.4 Å². The molecule has 2 aromatic carbocycles. The van der Waals surface area contributed by atoms with Crippen molar-refractivity contribution in [3.8, 4) is 20.9 Å². The molecule has 0 saturated carbocycles. The second kappa shape index (κ2) is 7.57. The summed E-state index contributed by atoms with van der Waals surface area (Å²) in [4.78, 5) is 2.68. The van der Waals surface area contributed by atoms with Gasteiger partial charge in [-0.15, -0.1) is 0 Å². The first-order valence-electron chi connectivity index (χ1n) is 6.16. The lowest BCUT2D eigenvalue weighted by Gasteiger charge is -1.91. The maximum Gasteiger partial charge on any atom is 0.301 e. The van der Waals surface area contributed by atoms with Gasteiger partial charge in [-0.25, -0.2) is 8.42 Å². The van der Waals surface area contributed by atoms with E-state index >= 15 is 0 Å². The molecule has 7 heteroatoms. The Morgan fingerprint density at radius 2 is 1.36 bits per heavy atom. The zero-order valence-electron chi connectivity index (χ0n) is 11.2. The summed E-state index contributed by atoms with van der Waals surface area (Å²) in [5.41, 5.74) is 2.60. The second-order valence-corrected chi connectivity index (χ2v) is 7.27. The van der Waals surface area contributed by atoms with Crippen LogP contribution in [0.15, 0.2) is 66.7 Å². The normalized spacial score (nSPS) is 10.6. The average Bonchev–Trinajstić information content (AvgIpc) is 2.97. The van der Waals surface area contributed by atoms with Crippen molar-refractivity contribution < 1.29 is 17.5 Å². The lowest BCUT2D eigenvalue weighted by Crippen LogP contribution is -1.90. The van der Waals surface area contributed by atoms with Gasteiger partial charge in [-0.1, -0.05) is 48.5 Å². The Balaban J connectivity index is 0.000000309. The summed E-state index contributed by atoms with van der Waals surface area (Å²) >= 11 is 0. The van der Waals surface area contributed by atoms with Crippen molar-refractivity contribution in [1.29, 1.82) is 0 Å². The minimum atomic E-state index is -4.92. The maximum atomic E-state index is 8.63. The molecule has 0 aliphatic heterocycles. The third-order valence-corrected chi connectivity index (χ3v) is 5.08. The van der Waals surface area contributed by atoms with Gasteiger partial charge in [0.1, 0.15) is 0 Å². The summed E-state index contributed by atoms with van der Waals surface area (Å²) in [5.74, 6) is 0. The molecule has 4 nitrogen and oxygen atoms in total. The molecule has 0 bridgehead atoms. The molecule has 0 atom stereocenters. The smallest absolute Gasteiger partial charge is 0.301 e. The first-order chi connectivity index (χ1) is 10.4. The Kier molecular flexibility index (Phi) is 5.76. The van der Waals surface area contributed by atoms with Gasteiger partial charge in [0.05, 0.1) is 4.88 Å². The number of hydrogen-bond donors (Lipinski definition) is 1. The summed E-state index contributed by atoms with van der Waals surface area (Å²) in [6, 6.07) is 23.4. The van der Waals surface area contributed by atoms with Crippen LogP contribution in [0.25, 0.3) is 20.9 Å². The van der Waals surface area contributed by atoms with Crippen molar-refractivity contribution in [3.05, 3.63) is 66.7 Å². The van der Waals surface area contributed by atoms with E-state index in [1.165, 1.54) is 20.9 Å². The van der Waals surface area contributed by atoms with E-state index in [1.54, 1.807) is 0 Å². The van der Waals surface area contributed by atoms with Crippen LogP contribution in [0.1, 0.15) is 0 Å². The second-order valence-electron chi connectivity index (χ2n) is 4.20. The molecule has 3 aromatic rings. The molecular weight excluding hydrogens is 340 g/mol. The summed E-state index contributed by atoms with van der Waals surface area (Å²) in [6.45, 7) is 0. The van der Waals surface area contributed by atoms with Gasteiger partial charge in [0.15, 0.2) is 10.3 Å². The minimum Gasteiger partial charge on any atom is -0.726 e. The lowest BCUT2D eigenvalue weighted by molar-refractivity contribution is 0.366. The van der Waals surface area contributed by atoms with Gasteiger partial charge in [-0.2, -0.15) is 0 Å². The SMILES string of the molecule is O=S(=O)([O-])O.c1ccc(-c2cc(-c3ccccc3)[s+]s2)cc1. The fourth-order valence-electron chi connectivity index (χ4n) is 1.72. The van der Waals surface area contributed by atoms with E-state index in [2.05, 4.69) is 66.7 Å². The first-order valence-corrected chi connectivity index (χ1v) is 9.67. The van der Waals surface area contributed by atoms with Crippen molar-refractivity contribution in [2.24, 2.45) is 0 Å². The van der Waals surface area contributed by atoms with Gasteiger partial charge in [-0.3, -0.25) is 4.55 Å². The molecule has 0 unspecified atom stereocenters. The lowest BCUT2D eigenvalue weighted by atomic mass is 10.1. The summed E-state index contributed by atoms with van der Waals surface area (Å²) < 4.78 is 32.8. The van der Waals surface area contributed by atoms with Gasteiger partial charge in [-0.05, 0) is 17.7 Å². The minimum absolute atomic E-state index is 1.30. The quantitative estimate of drug-likeness (QED) is 0.320. The van der Waals surface area contributed by atoms with Gasteiger partial charge in [0.2, 0.25) is 10.4 Å². The van der Waals surface area contributed by atoms with E-state index in [-0.39, 0.29) is 0 Å². The molecule has 0 fully saturated rings. The zero-order valence-corrected chi connectivity index (χ0v) is 13.7. The molecule has 1 heterocycles. The van der Waals surface area contributed by atoms with Crippen molar-refractivity contribution in [2.45, 2.75) is 0 Å². The Hall–Kier alpha value is -1.64. The van der Waals surface area contributed by atoms with E-state index in [0.29, 0.717) is 0 Å². The summed E-state index contributed by atoms with van der Waals surface area (Å²) in [7, 11) is -1.24. The maximum absolute atomic E-state index is 8.63. The van der Waals surface area contributed by atoms with Gasteiger partial charge in [0.25, 0.3) is 4.88 Å². The van der Waals surface area contributed by atoms with Crippen LogP contribution in [-0.2, 0) is 10.4 Å². The Bertz CT molecular complexity index is 750. The van der Waals surface area contributed by atoms with Crippen LogP contribution in [0.5, 0.6) is 0 Å². The molecule has 0 radical (unpaired) electrons. The largest absolute Gasteiger partial charge is 0.726 e. The predicted molar refractivity (Wildman–Crippen MR) is 89.8 cm³/mol. The van der Waals surface area contributed by atoms with Crippen molar-refractivity contribution in [3.63, 3.8) is 0 Å². The molecule has 3 rings (SSSR count). The molecule has 1 N–H and O–H groups in total. The van der Waals surface area contributed by atoms with Crippen LogP contribution in [-0.4, -0.2) is 17.5 Å². The van der Waals surface area contributed by atoms with Crippen LogP contribution in [0.3, 0.4) is 0 Å². The third-order valence-electron chi connectivity index (χ3n) is 2.60. The Labute approximate surface area is 136 Å². The highest BCUT2D eigenvalue weighted by Crippen LogP contribution is 2.36. The molecule has 0 aliphatic carbocycles. The average molecular weight is 352 g/mol. The predicted octanol–water partition coefficient (Wildman–Crippen LogP) is 4.43. The van der Waals surface area contributed by atoms with Gasteiger partial charge in [0, 0.05) is 11.6 Å². The Morgan fingerprint density at radius 3 is 1.86 bits per heavy atom. The van der Waals surface area contributed by atoms with Gasteiger partial charge >= 0.3 is 10.3 Å². The molecule has 114 valence electrons. The molecule has 22 heavy (non-hydrogen) atoms. The van der Waals surface area contributed by atoms with Gasteiger partial charge < -0.3 is 4.55 Å². The van der Waals surface area contributed by atoms with E-state index in [1.807, 2.05) is 20.7 Å². The van der Waals surface area contributed by atoms with Crippen molar-refractivity contribution >= 4 is 31.1 Å². The number of hydrogen-bond acceptors (Lipinski definition) is 4. The topological polar surface area (TPSA) is 77.4 Å². The number of benzene rings is 2. The molecule has 0 spiro atoms. The van der Waals surface area contributed by atoms with Crippen LogP contribution < -0.4 is 0 Å². The fourth-order valence-corrected chi connectivity index (χ4v) is 4.18.